The molecule has 0 amide bonds. The minimum Gasteiger partial charge on any atom is -0.489 e. The number of nitrogens with zero attached hydrogens (tertiary/aromatic N) is 1. The second-order valence-corrected chi connectivity index (χ2v) is 5.61. The quantitative estimate of drug-likeness (QED) is 0.932. The van der Waals surface area contributed by atoms with Crippen molar-refractivity contribution in [2.45, 2.75) is 31.8 Å². The van der Waals surface area contributed by atoms with Crippen molar-refractivity contribution in [1.82, 2.24) is 0 Å². The normalized spacial score (nSPS) is 23.4. The summed E-state index contributed by atoms with van der Waals surface area (Å²) in [6.45, 7) is 0.272. The smallest absolute Gasteiger partial charge is 0.137 e. The highest BCUT2D eigenvalue weighted by Crippen LogP contribution is 2.29. The van der Waals surface area contributed by atoms with Gasteiger partial charge in [0.25, 0.3) is 0 Å². The highest BCUT2D eigenvalue weighted by molar-refractivity contribution is 9.10. The summed E-state index contributed by atoms with van der Waals surface area (Å²) in [5.74, 6) is 1.08. The summed E-state index contributed by atoms with van der Waals surface area (Å²) in [5, 5.41) is 18.2. The van der Waals surface area contributed by atoms with Gasteiger partial charge in [-0.3, -0.25) is 0 Å². The van der Waals surface area contributed by atoms with Crippen LogP contribution in [0.2, 0.25) is 0 Å². The van der Waals surface area contributed by atoms with E-state index >= 15 is 0 Å². The molecule has 3 nitrogen and oxygen atoms in total. The van der Waals surface area contributed by atoms with Crippen molar-refractivity contribution in [2.75, 3.05) is 6.61 Å². The van der Waals surface area contributed by atoms with Crippen molar-refractivity contribution in [3.05, 3.63) is 28.2 Å². The zero-order valence-electron chi connectivity index (χ0n) is 10.1. The Hall–Kier alpha value is -1.05. The van der Waals surface area contributed by atoms with Gasteiger partial charge in [-0.15, -0.1) is 0 Å². The Balaban J connectivity index is 2.00. The Kier molecular flexibility index (Phi) is 4.62. The Labute approximate surface area is 116 Å². The number of benzene rings is 1. The maximum atomic E-state index is 9.09. The van der Waals surface area contributed by atoms with Crippen LogP contribution in [0.5, 0.6) is 5.75 Å². The van der Waals surface area contributed by atoms with Gasteiger partial charge in [0, 0.05) is 11.1 Å². The molecule has 1 fully saturated rings. The van der Waals surface area contributed by atoms with Crippen LogP contribution in [0, 0.1) is 17.2 Å². The van der Waals surface area contributed by atoms with Crippen molar-refractivity contribution in [1.29, 1.82) is 5.26 Å². The van der Waals surface area contributed by atoms with Gasteiger partial charge in [0.2, 0.25) is 0 Å². The Morgan fingerprint density at radius 3 is 2.67 bits per heavy atom. The lowest BCUT2D eigenvalue weighted by molar-refractivity contribution is 0.104. The predicted octanol–water partition coefficient (Wildman–Crippen LogP) is 3.25. The molecule has 1 N–H and O–H groups in total. The van der Waals surface area contributed by atoms with E-state index in [0.717, 1.165) is 30.2 Å². The van der Waals surface area contributed by atoms with Crippen LogP contribution in [0.4, 0.5) is 0 Å². The fourth-order valence-electron chi connectivity index (χ4n) is 2.30. The summed E-state index contributed by atoms with van der Waals surface area (Å²) >= 11 is 3.35. The van der Waals surface area contributed by atoms with Gasteiger partial charge in [0.05, 0.1) is 11.7 Å². The van der Waals surface area contributed by atoms with Gasteiger partial charge in [-0.2, -0.15) is 5.26 Å². The van der Waals surface area contributed by atoms with Crippen molar-refractivity contribution >= 4 is 15.9 Å². The number of halogens is 1. The molecule has 0 radical (unpaired) electrons. The van der Waals surface area contributed by atoms with Gasteiger partial charge >= 0.3 is 0 Å². The van der Waals surface area contributed by atoms with E-state index < -0.39 is 0 Å². The lowest BCUT2D eigenvalue weighted by Gasteiger charge is -2.28. The van der Waals surface area contributed by atoms with Crippen LogP contribution < -0.4 is 4.74 Å². The number of hydrogen-bond acceptors (Lipinski definition) is 3. The van der Waals surface area contributed by atoms with E-state index in [0.29, 0.717) is 17.2 Å². The third-order valence-corrected chi connectivity index (χ3v) is 3.90. The van der Waals surface area contributed by atoms with Gasteiger partial charge < -0.3 is 9.84 Å². The standard InChI is InChI=1S/C14H16BrNO2/c15-12-3-6-14(11(7-12)8-16)18-13-4-1-10(9-17)2-5-13/h3,6-7,10,13,17H,1-2,4-5,9H2. The summed E-state index contributed by atoms with van der Waals surface area (Å²) in [6, 6.07) is 7.64. The molecule has 1 saturated carbocycles. The van der Waals surface area contributed by atoms with Gasteiger partial charge in [-0.05, 0) is 49.8 Å². The number of rotatable bonds is 3. The Bertz CT molecular complexity index is 448. The zero-order chi connectivity index (χ0) is 13.0. The molecule has 2 rings (SSSR count). The SMILES string of the molecule is N#Cc1cc(Br)ccc1OC1CCC(CO)CC1. The van der Waals surface area contributed by atoms with Crippen LogP contribution >= 0.6 is 15.9 Å². The first-order valence-corrected chi connectivity index (χ1v) is 6.99. The number of nitriles is 1. The van der Waals surface area contributed by atoms with Crippen molar-refractivity contribution in [3.8, 4) is 11.8 Å². The fraction of sp³-hybridized carbons (Fsp3) is 0.500. The average Bonchev–Trinajstić information content (AvgIpc) is 2.41. The van der Waals surface area contributed by atoms with E-state index in [1.54, 1.807) is 6.07 Å². The third kappa shape index (κ3) is 3.24. The highest BCUT2D eigenvalue weighted by atomic mass is 79.9. The number of aliphatic hydroxyl groups excluding tert-OH is 1. The summed E-state index contributed by atoms with van der Waals surface area (Å²) in [6.07, 6.45) is 4.07. The minimum absolute atomic E-state index is 0.168. The van der Waals surface area contributed by atoms with E-state index in [-0.39, 0.29) is 12.7 Å². The lowest BCUT2D eigenvalue weighted by atomic mass is 9.88. The summed E-state index contributed by atoms with van der Waals surface area (Å²) in [5.41, 5.74) is 0.564. The molecular weight excluding hydrogens is 294 g/mol. The summed E-state index contributed by atoms with van der Waals surface area (Å²) in [7, 11) is 0. The van der Waals surface area contributed by atoms with Crippen molar-refractivity contribution in [2.24, 2.45) is 5.92 Å². The zero-order valence-corrected chi connectivity index (χ0v) is 11.7. The molecule has 1 aromatic rings. The number of aliphatic hydroxyl groups is 1. The lowest BCUT2D eigenvalue weighted by Crippen LogP contribution is -2.25. The van der Waals surface area contributed by atoms with Crippen LogP contribution in [0.1, 0.15) is 31.2 Å². The van der Waals surface area contributed by atoms with E-state index in [2.05, 4.69) is 22.0 Å². The monoisotopic (exact) mass is 309 g/mol. The Morgan fingerprint density at radius 1 is 1.33 bits per heavy atom. The van der Waals surface area contributed by atoms with Crippen LogP contribution in [0.3, 0.4) is 0 Å². The molecule has 0 bridgehead atoms. The summed E-state index contributed by atoms with van der Waals surface area (Å²) < 4.78 is 6.78. The van der Waals surface area contributed by atoms with Crippen molar-refractivity contribution in [3.63, 3.8) is 0 Å². The van der Waals surface area contributed by atoms with E-state index in [4.69, 9.17) is 15.1 Å². The van der Waals surface area contributed by atoms with Gasteiger partial charge in [0.1, 0.15) is 11.8 Å². The van der Waals surface area contributed by atoms with E-state index in [1.165, 1.54) is 0 Å². The number of ether oxygens (including phenoxy) is 1. The van der Waals surface area contributed by atoms with Crippen molar-refractivity contribution < 1.29 is 9.84 Å². The fourth-order valence-corrected chi connectivity index (χ4v) is 2.67. The van der Waals surface area contributed by atoms with Crippen LogP contribution in [0.15, 0.2) is 22.7 Å². The van der Waals surface area contributed by atoms with Gasteiger partial charge in [-0.1, -0.05) is 15.9 Å². The number of hydrogen-bond donors (Lipinski definition) is 1. The molecule has 0 aromatic heterocycles. The molecule has 1 aliphatic rings. The third-order valence-electron chi connectivity index (χ3n) is 3.41. The average molecular weight is 310 g/mol. The van der Waals surface area contributed by atoms with Crippen LogP contribution in [0.25, 0.3) is 0 Å². The largest absolute Gasteiger partial charge is 0.489 e. The molecular formula is C14H16BrNO2. The highest BCUT2D eigenvalue weighted by Gasteiger charge is 2.22. The van der Waals surface area contributed by atoms with Crippen LogP contribution in [-0.2, 0) is 0 Å². The first-order valence-electron chi connectivity index (χ1n) is 6.20. The van der Waals surface area contributed by atoms with Gasteiger partial charge in [0.15, 0.2) is 0 Å². The first kappa shape index (κ1) is 13.4. The molecule has 0 spiro atoms. The predicted molar refractivity (Wildman–Crippen MR) is 72.3 cm³/mol. The molecule has 0 unspecified atom stereocenters. The molecule has 96 valence electrons. The minimum atomic E-state index is 0.168. The second-order valence-electron chi connectivity index (χ2n) is 4.70. The van der Waals surface area contributed by atoms with E-state index in [9.17, 15) is 0 Å². The molecule has 0 atom stereocenters. The van der Waals surface area contributed by atoms with E-state index in [1.807, 2.05) is 12.1 Å². The topological polar surface area (TPSA) is 53.2 Å². The summed E-state index contributed by atoms with van der Waals surface area (Å²) in [4.78, 5) is 0. The first-order chi connectivity index (χ1) is 8.72. The van der Waals surface area contributed by atoms with Gasteiger partial charge in [-0.25, -0.2) is 0 Å². The molecule has 18 heavy (non-hydrogen) atoms. The molecule has 0 heterocycles. The van der Waals surface area contributed by atoms with Crippen LogP contribution in [-0.4, -0.2) is 17.8 Å². The second kappa shape index (κ2) is 6.21. The molecule has 1 aromatic carbocycles. The maximum Gasteiger partial charge on any atom is 0.137 e. The molecule has 1 aliphatic carbocycles. The molecule has 0 aliphatic heterocycles. The Morgan fingerprint density at radius 2 is 2.06 bits per heavy atom. The molecule has 0 saturated heterocycles. The maximum absolute atomic E-state index is 9.09. The molecule has 4 heteroatoms.